The standard InChI is InChI=1S/C8H19O3PS.Na/c1-5-7(3)10-12(9,13)11-8(4)6-2;/h7-8H,5-6H2,1-4H3,(H,9,13);/q;+1/p-1. The van der Waals surface area contributed by atoms with Gasteiger partial charge in [0.15, 0.2) is 0 Å². The Morgan fingerprint density at radius 1 is 1.14 bits per heavy atom. The van der Waals surface area contributed by atoms with Crippen LogP contribution in [0.15, 0.2) is 0 Å². The van der Waals surface area contributed by atoms with E-state index < -0.39 is 6.72 Å². The fourth-order valence-electron chi connectivity index (χ4n) is 0.615. The molecule has 0 aliphatic heterocycles. The maximum Gasteiger partial charge on any atom is 1.00 e. The van der Waals surface area contributed by atoms with Gasteiger partial charge < -0.3 is 13.9 Å². The molecule has 2 unspecified atom stereocenters. The van der Waals surface area contributed by atoms with Crippen LogP contribution >= 0.6 is 6.72 Å². The minimum atomic E-state index is -3.25. The molecule has 0 radical (unpaired) electrons. The first kappa shape index (κ1) is 17.9. The van der Waals surface area contributed by atoms with E-state index in [1.807, 2.05) is 27.7 Å². The van der Waals surface area contributed by atoms with E-state index in [0.29, 0.717) is 0 Å². The molecule has 0 saturated carbocycles. The van der Waals surface area contributed by atoms with Gasteiger partial charge in [-0.2, -0.15) is 0 Å². The van der Waals surface area contributed by atoms with Crippen LogP contribution in [0, 0.1) is 0 Å². The van der Waals surface area contributed by atoms with Crippen molar-refractivity contribution >= 4 is 18.5 Å². The first-order chi connectivity index (χ1) is 5.91. The molecule has 0 heterocycles. The Bertz CT molecular complexity index is 175. The van der Waals surface area contributed by atoms with Gasteiger partial charge in [0, 0.05) is 0 Å². The molecule has 14 heavy (non-hydrogen) atoms. The van der Waals surface area contributed by atoms with Crippen LogP contribution in [0.5, 0.6) is 0 Å². The van der Waals surface area contributed by atoms with Crippen LogP contribution in [0.4, 0.5) is 0 Å². The van der Waals surface area contributed by atoms with Gasteiger partial charge in [0.1, 0.15) is 6.72 Å². The molecule has 0 aliphatic carbocycles. The van der Waals surface area contributed by atoms with Crippen LogP contribution < -0.4 is 34.5 Å². The van der Waals surface area contributed by atoms with Crippen molar-refractivity contribution in [3.63, 3.8) is 0 Å². The van der Waals surface area contributed by atoms with Crippen molar-refractivity contribution in [2.24, 2.45) is 0 Å². The Morgan fingerprint density at radius 3 is 1.64 bits per heavy atom. The summed E-state index contributed by atoms with van der Waals surface area (Å²) in [5, 5.41) is 0. The molecule has 2 atom stereocenters. The molecule has 3 nitrogen and oxygen atoms in total. The van der Waals surface area contributed by atoms with E-state index >= 15 is 0 Å². The Kier molecular flexibility index (Phi) is 11.1. The average molecular weight is 248 g/mol. The number of hydrogen-bond donors (Lipinski definition) is 0. The maximum absolute atomic E-state index is 11.5. The molecule has 0 N–H and O–H groups in total. The molecule has 0 bridgehead atoms. The van der Waals surface area contributed by atoms with Gasteiger partial charge in [-0.25, -0.2) is 0 Å². The van der Waals surface area contributed by atoms with E-state index in [2.05, 4.69) is 0 Å². The first-order valence-electron chi connectivity index (χ1n) is 4.59. The second-order valence-electron chi connectivity index (χ2n) is 3.10. The predicted octanol–water partition coefficient (Wildman–Crippen LogP) is -0.795. The summed E-state index contributed by atoms with van der Waals surface area (Å²) in [7, 11) is 0. The molecule has 0 aromatic carbocycles. The quantitative estimate of drug-likeness (QED) is 0.456. The molecule has 0 amide bonds. The van der Waals surface area contributed by atoms with Gasteiger partial charge in [-0.1, -0.05) is 25.7 Å². The molecule has 0 fully saturated rings. The Morgan fingerprint density at radius 2 is 1.43 bits per heavy atom. The van der Waals surface area contributed by atoms with E-state index in [1.54, 1.807) is 0 Å². The van der Waals surface area contributed by atoms with E-state index in [9.17, 15) is 4.89 Å². The Balaban J connectivity index is 0. The van der Waals surface area contributed by atoms with E-state index in [1.165, 1.54) is 0 Å². The van der Waals surface area contributed by atoms with Gasteiger partial charge in [-0.3, -0.25) is 0 Å². The topological polar surface area (TPSA) is 41.5 Å². The Hall–Kier alpha value is 1.53. The number of rotatable bonds is 6. The van der Waals surface area contributed by atoms with Crippen LogP contribution in [0.1, 0.15) is 40.5 Å². The molecule has 80 valence electrons. The third kappa shape index (κ3) is 8.81. The minimum absolute atomic E-state index is 0. The third-order valence-corrected chi connectivity index (χ3v) is 3.52. The predicted molar refractivity (Wildman–Crippen MR) is 56.0 cm³/mol. The van der Waals surface area contributed by atoms with Crippen molar-refractivity contribution in [1.82, 2.24) is 0 Å². The molecular weight excluding hydrogens is 230 g/mol. The van der Waals surface area contributed by atoms with Crippen molar-refractivity contribution in [3.05, 3.63) is 0 Å². The van der Waals surface area contributed by atoms with Crippen LogP contribution in [0.25, 0.3) is 0 Å². The fourth-order valence-corrected chi connectivity index (χ4v) is 2.73. The van der Waals surface area contributed by atoms with Gasteiger partial charge in [0.25, 0.3) is 0 Å². The summed E-state index contributed by atoms with van der Waals surface area (Å²) in [4.78, 5) is 11.5. The maximum atomic E-state index is 11.5. The van der Waals surface area contributed by atoms with Crippen molar-refractivity contribution in [3.8, 4) is 0 Å². The summed E-state index contributed by atoms with van der Waals surface area (Å²) in [5.41, 5.74) is 0. The second kappa shape index (κ2) is 8.66. The van der Waals surface area contributed by atoms with Gasteiger partial charge in [0.2, 0.25) is 0 Å². The molecular formula is C8H18NaO3PS. The zero-order valence-corrected chi connectivity index (χ0v) is 13.4. The van der Waals surface area contributed by atoms with Crippen molar-refractivity contribution in [2.45, 2.75) is 52.7 Å². The minimum Gasteiger partial charge on any atom is -0.780 e. The van der Waals surface area contributed by atoms with Gasteiger partial charge in [-0.15, -0.1) is 0 Å². The second-order valence-corrected chi connectivity index (χ2v) is 5.75. The van der Waals surface area contributed by atoms with Gasteiger partial charge in [-0.05, 0) is 26.7 Å². The summed E-state index contributed by atoms with van der Waals surface area (Å²) in [6.07, 6.45) is 1.36. The van der Waals surface area contributed by atoms with Crippen molar-refractivity contribution in [2.75, 3.05) is 0 Å². The van der Waals surface area contributed by atoms with E-state index in [-0.39, 0.29) is 41.8 Å². The summed E-state index contributed by atoms with van der Waals surface area (Å²) in [6.45, 7) is 4.31. The summed E-state index contributed by atoms with van der Waals surface area (Å²) >= 11 is 4.74. The molecule has 6 heteroatoms. The number of hydrogen-bond acceptors (Lipinski definition) is 4. The first-order valence-corrected chi connectivity index (χ1v) is 7.14. The zero-order chi connectivity index (χ0) is 10.5. The normalized spacial score (nSPS) is 19.2. The average Bonchev–Trinajstić information content (AvgIpc) is 2.02. The van der Waals surface area contributed by atoms with Crippen LogP contribution in [-0.2, 0) is 20.9 Å². The molecule has 0 rings (SSSR count). The van der Waals surface area contributed by atoms with Crippen LogP contribution in [-0.4, -0.2) is 12.2 Å². The van der Waals surface area contributed by atoms with E-state index in [0.717, 1.165) is 12.8 Å². The molecule has 0 saturated heterocycles. The van der Waals surface area contributed by atoms with Crippen molar-refractivity contribution in [1.29, 1.82) is 0 Å². The summed E-state index contributed by atoms with van der Waals surface area (Å²) in [5.74, 6) is 0. The monoisotopic (exact) mass is 248 g/mol. The third-order valence-electron chi connectivity index (χ3n) is 1.77. The SMILES string of the molecule is CCC(C)OP([O-])(=S)OC(C)CC.[Na+]. The zero-order valence-electron chi connectivity index (χ0n) is 9.65. The summed E-state index contributed by atoms with van der Waals surface area (Å²) < 4.78 is 10.2. The smallest absolute Gasteiger partial charge is 0.780 e. The molecule has 0 aromatic heterocycles. The fraction of sp³-hybridized carbons (Fsp3) is 1.00. The van der Waals surface area contributed by atoms with Gasteiger partial charge in [0.05, 0.1) is 12.2 Å². The van der Waals surface area contributed by atoms with Gasteiger partial charge >= 0.3 is 29.6 Å². The van der Waals surface area contributed by atoms with Crippen molar-refractivity contribution < 1.29 is 43.5 Å². The van der Waals surface area contributed by atoms with Crippen LogP contribution in [0.2, 0.25) is 0 Å². The molecule has 0 spiro atoms. The van der Waals surface area contributed by atoms with E-state index in [4.69, 9.17) is 20.9 Å². The van der Waals surface area contributed by atoms with Crippen LogP contribution in [0.3, 0.4) is 0 Å². The summed E-state index contributed by atoms with van der Waals surface area (Å²) in [6, 6.07) is 0. The Labute approximate surface area is 114 Å². The molecule has 0 aliphatic rings. The largest absolute Gasteiger partial charge is 1.00 e. The molecule has 0 aromatic rings.